The minimum absolute atomic E-state index is 0.0554. The Morgan fingerprint density at radius 1 is 1.24 bits per heavy atom. The summed E-state index contributed by atoms with van der Waals surface area (Å²) < 4.78 is 21.8. The fraction of sp³-hybridized carbons (Fsp3) is 0.545. The Hall–Kier alpha value is -2.50. The molecule has 33 heavy (non-hydrogen) atoms. The van der Waals surface area contributed by atoms with E-state index >= 15 is 0 Å². The van der Waals surface area contributed by atoms with Crippen LogP contribution in [0.1, 0.15) is 30.6 Å². The quantitative estimate of drug-likeness (QED) is 0.422. The fourth-order valence-electron chi connectivity index (χ4n) is 3.87. The molecule has 1 unspecified atom stereocenters. The molecule has 2 heterocycles. The first-order valence-electron chi connectivity index (χ1n) is 10.5. The Morgan fingerprint density at radius 3 is 2.52 bits per heavy atom. The SMILES string of the molecule is COC(=O)N[C@H](C(=O)N1CC2(COCO2)C[C@H]1C(=O)OCC(=O)c1ccc(Br)cc1)C(C)C. The number of hydrogen-bond donors (Lipinski definition) is 1. The number of nitrogens with zero attached hydrogens (tertiary/aromatic N) is 1. The number of carbonyl (C=O) groups excluding carboxylic acids is 4. The lowest BCUT2D eigenvalue weighted by molar-refractivity contribution is -0.153. The third-order valence-corrected chi connectivity index (χ3v) is 6.20. The first-order chi connectivity index (χ1) is 15.7. The van der Waals surface area contributed by atoms with Crippen molar-refractivity contribution in [1.29, 1.82) is 0 Å². The number of ketones is 1. The molecule has 3 atom stereocenters. The standard InChI is InChI=1S/C22H27BrN2O8/c1-13(2)18(24-21(29)30-3)19(27)25-10-22(11-31-12-33-22)8-16(25)20(28)32-9-17(26)14-4-6-15(23)7-5-14/h4-7,13,16,18H,8-12H2,1-3H3,(H,24,29)/t16-,18-,22?/m0/s1. The maximum absolute atomic E-state index is 13.4. The lowest BCUT2D eigenvalue weighted by Gasteiger charge is -2.30. The van der Waals surface area contributed by atoms with E-state index in [-0.39, 0.29) is 38.1 Å². The molecule has 2 aliphatic rings. The largest absolute Gasteiger partial charge is 0.456 e. The summed E-state index contributed by atoms with van der Waals surface area (Å²) in [7, 11) is 1.20. The molecule has 0 aliphatic carbocycles. The second-order valence-corrected chi connectivity index (χ2v) is 9.29. The van der Waals surface area contributed by atoms with Crippen LogP contribution in [-0.4, -0.2) is 80.0 Å². The van der Waals surface area contributed by atoms with Crippen molar-refractivity contribution < 1.29 is 38.1 Å². The van der Waals surface area contributed by atoms with Gasteiger partial charge in [-0.25, -0.2) is 9.59 Å². The molecular weight excluding hydrogens is 500 g/mol. The molecule has 1 N–H and O–H groups in total. The molecule has 1 aromatic rings. The number of carbonyl (C=O) groups is 4. The number of halogens is 1. The zero-order chi connectivity index (χ0) is 24.2. The Labute approximate surface area is 200 Å². The van der Waals surface area contributed by atoms with Crippen LogP contribution in [0.15, 0.2) is 28.7 Å². The Bertz CT molecular complexity index is 898. The number of alkyl carbamates (subject to hydrolysis) is 1. The van der Waals surface area contributed by atoms with Crippen LogP contribution in [0.3, 0.4) is 0 Å². The Kier molecular flexibility index (Phi) is 8.09. The first kappa shape index (κ1) is 25.1. The summed E-state index contributed by atoms with van der Waals surface area (Å²) in [5, 5.41) is 2.52. The fourth-order valence-corrected chi connectivity index (χ4v) is 4.13. The van der Waals surface area contributed by atoms with Crippen molar-refractivity contribution in [1.82, 2.24) is 10.2 Å². The van der Waals surface area contributed by atoms with Crippen LogP contribution in [0, 0.1) is 5.92 Å². The lowest BCUT2D eigenvalue weighted by atomic mass is 10.0. The van der Waals surface area contributed by atoms with E-state index in [0.29, 0.717) is 5.56 Å². The summed E-state index contributed by atoms with van der Waals surface area (Å²) in [6, 6.07) is 4.76. The van der Waals surface area contributed by atoms with Gasteiger partial charge in [0.25, 0.3) is 0 Å². The van der Waals surface area contributed by atoms with Gasteiger partial charge in [0.2, 0.25) is 5.91 Å². The smallest absolute Gasteiger partial charge is 0.407 e. The van der Waals surface area contributed by atoms with E-state index in [2.05, 4.69) is 26.0 Å². The number of likely N-dealkylation sites (tertiary alicyclic amines) is 1. The summed E-state index contributed by atoms with van der Waals surface area (Å²) in [6.07, 6.45) is -0.594. The highest BCUT2D eigenvalue weighted by Gasteiger charge is 2.53. The molecule has 2 amide bonds. The molecule has 1 aromatic carbocycles. The molecule has 0 bridgehead atoms. The number of amides is 2. The van der Waals surface area contributed by atoms with Crippen molar-refractivity contribution >= 4 is 39.7 Å². The van der Waals surface area contributed by atoms with Gasteiger partial charge in [0.15, 0.2) is 12.4 Å². The number of nitrogens with one attached hydrogen (secondary N) is 1. The van der Waals surface area contributed by atoms with E-state index in [0.717, 1.165) is 4.47 Å². The number of methoxy groups -OCH3 is 1. The van der Waals surface area contributed by atoms with Gasteiger partial charge in [-0.15, -0.1) is 0 Å². The van der Waals surface area contributed by atoms with Crippen molar-refractivity contribution in [2.24, 2.45) is 5.92 Å². The van der Waals surface area contributed by atoms with Crippen LogP contribution in [0.2, 0.25) is 0 Å². The van der Waals surface area contributed by atoms with Crippen LogP contribution in [0.25, 0.3) is 0 Å². The minimum Gasteiger partial charge on any atom is -0.456 e. The number of esters is 1. The summed E-state index contributed by atoms with van der Waals surface area (Å²) >= 11 is 3.30. The van der Waals surface area contributed by atoms with Crippen LogP contribution < -0.4 is 5.32 Å². The second-order valence-electron chi connectivity index (χ2n) is 8.38. The van der Waals surface area contributed by atoms with Gasteiger partial charge in [0, 0.05) is 16.5 Å². The van der Waals surface area contributed by atoms with Gasteiger partial charge in [-0.2, -0.15) is 0 Å². The summed E-state index contributed by atoms with van der Waals surface area (Å²) in [5.74, 6) is -1.83. The molecule has 3 rings (SSSR count). The monoisotopic (exact) mass is 526 g/mol. The molecule has 2 fully saturated rings. The minimum atomic E-state index is -0.988. The average molecular weight is 527 g/mol. The molecule has 2 aliphatic heterocycles. The van der Waals surface area contributed by atoms with E-state index in [4.69, 9.17) is 14.2 Å². The number of benzene rings is 1. The van der Waals surface area contributed by atoms with Gasteiger partial charge in [-0.05, 0) is 18.1 Å². The zero-order valence-electron chi connectivity index (χ0n) is 18.7. The van der Waals surface area contributed by atoms with E-state index in [1.165, 1.54) is 12.0 Å². The number of rotatable bonds is 7. The van der Waals surface area contributed by atoms with Gasteiger partial charge < -0.3 is 29.2 Å². The van der Waals surface area contributed by atoms with Crippen molar-refractivity contribution in [2.75, 3.05) is 33.7 Å². The Balaban J connectivity index is 1.74. The normalized spacial score (nSPS) is 22.9. The highest BCUT2D eigenvalue weighted by Crippen LogP contribution is 2.35. The maximum atomic E-state index is 13.4. The highest BCUT2D eigenvalue weighted by atomic mass is 79.9. The van der Waals surface area contributed by atoms with Crippen molar-refractivity contribution in [2.45, 2.75) is 38.0 Å². The maximum Gasteiger partial charge on any atom is 0.407 e. The van der Waals surface area contributed by atoms with Crippen molar-refractivity contribution in [3.05, 3.63) is 34.3 Å². The van der Waals surface area contributed by atoms with Gasteiger partial charge in [0.05, 0.1) is 20.3 Å². The predicted octanol–water partition coefficient (Wildman–Crippen LogP) is 1.90. The number of ether oxygens (including phenoxy) is 4. The van der Waals surface area contributed by atoms with Gasteiger partial charge in [-0.3, -0.25) is 9.59 Å². The highest BCUT2D eigenvalue weighted by molar-refractivity contribution is 9.10. The summed E-state index contributed by atoms with van der Waals surface area (Å²) in [6.45, 7) is 3.44. The molecule has 2 saturated heterocycles. The van der Waals surface area contributed by atoms with Crippen LogP contribution in [-0.2, 0) is 28.5 Å². The molecular formula is C22H27BrN2O8. The summed E-state index contributed by atoms with van der Waals surface area (Å²) in [5.41, 5.74) is -0.446. The molecule has 0 radical (unpaired) electrons. The van der Waals surface area contributed by atoms with E-state index < -0.39 is 42.3 Å². The topological polar surface area (TPSA) is 120 Å². The predicted molar refractivity (Wildman–Crippen MR) is 118 cm³/mol. The third kappa shape index (κ3) is 5.90. The van der Waals surface area contributed by atoms with Gasteiger partial charge in [-0.1, -0.05) is 41.9 Å². The van der Waals surface area contributed by atoms with E-state index in [1.807, 2.05) is 0 Å². The van der Waals surface area contributed by atoms with Gasteiger partial charge >= 0.3 is 12.1 Å². The zero-order valence-corrected chi connectivity index (χ0v) is 20.3. The first-order valence-corrected chi connectivity index (χ1v) is 11.3. The molecule has 0 aromatic heterocycles. The van der Waals surface area contributed by atoms with Gasteiger partial charge in [0.1, 0.15) is 24.5 Å². The molecule has 11 heteroatoms. The van der Waals surface area contributed by atoms with Crippen LogP contribution >= 0.6 is 15.9 Å². The molecule has 180 valence electrons. The number of hydrogen-bond acceptors (Lipinski definition) is 8. The molecule has 0 saturated carbocycles. The van der Waals surface area contributed by atoms with E-state index in [1.54, 1.807) is 38.1 Å². The third-order valence-electron chi connectivity index (χ3n) is 5.67. The average Bonchev–Trinajstić information content (AvgIpc) is 3.42. The van der Waals surface area contributed by atoms with Crippen LogP contribution in [0.4, 0.5) is 4.79 Å². The van der Waals surface area contributed by atoms with Crippen molar-refractivity contribution in [3.8, 4) is 0 Å². The Morgan fingerprint density at radius 2 is 1.94 bits per heavy atom. The van der Waals surface area contributed by atoms with Crippen molar-refractivity contribution in [3.63, 3.8) is 0 Å². The second kappa shape index (κ2) is 10.6. The lowest BCUT2D eigenvalue weighted by Crippen LogP contribution is -2.54. The molecule has 1 spiro atoms. The molecule has 10 nitrogen and oxygen atoms in total. The summed E-state index contributed by atoms with van der Waals surface area (Å²) in [4.78, 5) is 51.9. The number of Topliss-reactive ketones (excluding diaryl/α,β-unsaturated/α-hetero) is 1. The van der Waals surface area contributed by atoms with Crippen LogP contribution in [0.5, 0.6) is 0 Å². The van der Waals surface area contributed by atoms with E-state index in [9.17, 15) is 19.2 Å².